The number of halogens is 1. The fraction of sp³-hybridized carbons (Fsp3) is 0.296. The van der Waals surface area contributed by atoms with Crippen molar-refractivity contribution in [2.24, 2.45) is 5.92 Å². The maximum atomic E-state index is 13.5. The molecule has 5 rings (SSSR count). The maximum Gasteiger partial charge on any atom is 0.223 e. The van der Waals surface area contributed by atoms with E-state index in [1.807, 2.05) is 43.5 Å². The van der Waals surface area contributed by atoms with Gasteiger partial charge in [-0.25, -0.2) is 14.1 Å². The third kappa shape index (κ3) is 5.66. The summed E-state index contributed by atoms with van der Waals surface area (Å²) in [5, 5.41) is 11.1. The summed E-state index contributed by atoms with van der Waals surface area (Å²) in [6.45, 7) is 5.02. The second-order valence-electron chi connectivity index (χ2n) is 8.92. The number of aromatic nitrogens is 3. The molecular formula is C27H28FN5OS. The second kappa shape index (κ2) is 10.5. The van der Waals surface area contributed by atoms with Gasteiger partial charge in [0.05, 0.1) is 22.1 Å². The molecule has 0 atom stereocenters. The lowest BCUT2D eigenvalue weighted by molar-refractivity contribution is -0.126. The van der Waals surface area contributed by atoms with E-state index >= 15 is 0 Å². The van der Waals surface area contributed by atoms with Crippen LogP contribution in [0.5, 0.6) is 0 Å². The number of nitrogens with one attached hydrogen (secondary N) is 1. The quantitative estimate of drug-likeness (QED) is 0.398. The first-order valence-electron chi connectivity index (χ1n) is 11.9. The molecule has 35 heavy (non-hydrogen) atoms. The largest absolute Gasteiger partial charge is 0.352 e. The van der Waals surface area contributed by atoms with E-state index in [1.54, 1.807) is 28.2 Å². The Balaban J connectivity index is 1.24. The number of hydrogen-bond donors (Lipinski definition) is 1. The molecule has 3 heterocycles. The number of carbonyl (C=O) groups is 1. The van der Waals surface area contributed by atoms with E-state index in [0.29, 0.717) is 6.54 Å². The molecule has 0 aliphatic carbocycles. The van der Waals surface area contributed by atoms with Gasteiger partial charge in [-0.3, -0.25) is 9.69 Å². The number of thiazole rings is 1. The fourth-order valence-corrected chi connectivity index (χ4v) is 5.10. The predicted octanol–water partition coefficient (Wildman–Crippen LogP) is 4.97. The maximum absolute atomic E-state index is 13.5. The molecule has 2 aromatic heterocycles. The van der Waals surface area contributed by atoms with Crippen LogP contribution in [0.4, 0.5) is 4.39 Å². The van der Waals surface area contributed by atoms with Crippen LogP contribution in [-0.4, -0.2) is 38.7 Å². The van der Waals surface area contributed by atoms with Gasteiger partial charge in [0.1, 0.15) is 5.82 Å². The number of amides is 1. The monoisotopic (exact) mass is 489 g/mol. The van der Waals surface area contributed by atoms with Crippen LogP contribution < -0.4 is 5.32 Å². The molecule has 1 aliphatic rings. The number of carbonyl (C=O) groups excluding carboxylic acids is 1. The Morgan fingerprint density at radius 3 is 2.54 bits per heavy atom. The number of aryl methyl sites for hydroxylation is 1. The second-order valence-corrected chi connectivity index (χ2v) is 9.98. The van der Waals surface area contributed by atoms with Crippen molar-refractivity contribution in [1.29, 1.82) is 0 Å². The first-order valence-corrected chi connectivity index (χ1v) is 12.7. The van der Waals surface area contributed by atoms with E-state index in [-0.39, 0.29) is 17.6 Å². The molecule has 0 saturated carbocycles. The van der Waals surface area contributed by atoms with Gasteiger partial charge in [-0.1, -0.05) is 18.2 Å². The molecule has 6 nitrogen and oxygen atoms in total. The number of piperidine rings is 1. The van der Waals surface area contributed by atoms with Gasteiger partial charge in [0, 0.05) is 41.7 Å². The average Bonchev–Trinajstić information content (AvgIpc) is 3.50. The zero-order chi connectivity index (χ0) is 24.2. The van der Waals surface area contributed by atoms with Crippen molar-refractivity contribution >= 4 is 17.2 Å². The Kier molecular flexibility index (Phi) is 7.01. The molecular weight excluding hydrogens is 461 g/mol. The highest BCUT2D eigenvalue weighted by molar-refractivity contribution is 7.09. The average molecular weight is 490 g/mol. The van der Waals surface area contributed by atoms with Gasteiger partial charge >= 0.3 is 0 Å². The van der Waals surface area contributed by atoms with Crippen molar-refractivity contribution < 1.29 is 9.18 Å². The zero-order valence-electron chi connectivity index (χ0n) is 19.7. The zero-order valence-corrected chi connectivity index (χ0v) is 20.5. The lowest BCUT2D eigenvalue weighted by Crippen LogP contribution is -2.40. The van der Waals surface area contributed by atoms with Crippen LogP contribution in [-0.2, 0) is 17.9 Å². The number of nitrogens with zero attached hydrogens (tertiary/aromatic N) is 4. The van der Waals surface area contributed by atoms with Gasteiger partial charge in [-0.05, 0) is 69.3 Å². The minimum Gasteiger partial charge on any atom is -0.352 e. The Labute approximate surface area is 208 Å². The van der Waals surface area contributed by atoms with Crippen LogP contribution in [0.15, 0.2) is 66.2 Å². The number of rotatable bonds is 7. The van der Waals surface area contributed by atoms with Crippen LogP contribution in [0.3, 0.4) is 0 Å². The van der Waals surface area contributed by atoms with E-state index in [0.717, 1.165) is 65.7 Å². The molecule has 1 amide bonds. The lowest BCUT2D eigenvalue weighted by Gasteiger charge is -2.30. The van der Waals surface area contributed by atoms with Crippen LogP contribution in [0.1, 0.15) is 29.1 Å². The fourth-order valence-electron chi connectivity index (χ4n) is 4.49. The van der Waals surface area contributed by atoms with E-state index in [1.165, 1.54) is 12.1 Å². The molecule has 4 aromatic rings. The summed E-state index contributed by atoms with van der Waals surface area (Å²) < 4.78 is 15.3. The molecule has 8 heteroatoms. The van der Waals surface area contributed by atoms with E-state index < -0.39 is 0 Å². The highest BCUT2D eigenvalue weighted by Crippen LogP contribution is 2.25. The number of benzene rings is 2. The SMILES string of the molecule is Cc1nc(CN2CCC(C(=O)NCc3cn(-c4ccccc4)nc3-c3ccc(F)cc3)CC2)cs1. The van der Waals surface area contributed by atoms with Crippen molar-refractivity contribution in [3.63, 3.8) is 0 Å². The van der Waals surface area contributed by atoms with Gasteiger partial charge in [0.2, 0.25) is 5.91 Å². The molecule has 1 fully saturated rings. The molecule has 1 aliphatic heterocycles. The van der Waals surface area contributed by atoms with Crippen LogP contribution in [0.2, 0.25) is 0 Å². The molecule has 2 aromatic carbocycles. The third-order valence-corrected chi connectivity index (χ3v) is 7.21. The first-order chi connectivity index (χ1) is 17.0. The van der Waals surface area contributed by atoms with Gasteiger partial charge in [-0.2, -0.15) is 5.10 Å². The summed E-state index contributed by atoms with van der Waals surface area (Å²) in [4.78, 5) is 19.9. The minimum atomic E-state index is -0.289. The molecule has 0 spiro atoms. The summed E-state index contributed by atoms with van der Waals surface area (Å²) in [6.07, 6.45) is 3.61. The van der Waals surface area contributed by atoms with Gasteiger partial charge < -0.3 is 5.32 Å². The van der Waals surface area contributed by atoms with Crippen molar-refractivity contribution in [3.05, 3.63) is 88.3 Å². The van der Waals surface area contributed by atoms with Crippen molar-refractivity contribution in [1.82, 2.24) is 25.0 Å². The summed E-state index contributed by atoms with van der Waals surface area (Å²) in [6, 6.07) is 16.1. The van der Waals surface area contributed by atoms with Crippen molar-refractivity contribution in [3.8, 4) is 16.9 Å². The number of hydrogen-bond acceptors (Lipinski definition) is 5. The highest BCUT2D eigenvalue weighted by Gasteiger charge is 2.25. The predicted molar refractivity (Wildman–Crippen MR) is 136 cm³/mol. The number of likely N-dealkylation sites (tertiary alicyclic amines) is 1. The van der Waals surface area contributed by atoms with Crippen LogP contribution in [0, 0.1) is 18.7 Å². The van der Waals surface area contributed by atoms with Crippen LogP contribution in [0.25, 0.3) is 16.9 Å². The van der Waals surface area contributed by atoms with Crippen molar-refractivity contribution in [2.75, 3.05) is 13.1 Å². The summed E-state index contributed by atoms with van der Waals surface area (Å²) in [7, 11) is 0. The molecule has 0 bridgehead atoms. The van der Waals surface area contributed by atoms with Crippen LogP contribution >= 0.6 is 11.3 Å². The van der Waals surface area contributed by atoms with E-state index in [4.69, 9.17) is 5.10 Å². The lowest BCUT2D eigenvalue weighted by atomic mass is 9.95. The minimum absolute atomic E-state index is 0.00172. The molecule has 1 N–H and O–H groups in total. The molecule has 0 radical (unpaired) electrons. The van der Waals surface area contributed by atoms with E-state index in [2.05, 4.69) is 20.6 Å². The molecule has 0 unspecified atom stereocenters. The Morgan fingerprint density at radius 1 is 1.11 bits per heavy atom. The van der Waals surface area contributed by atoms with E-state index in [9.17, 15) is 9.18 Å². The number of para-hydroxylation sites is 1. The van der Waals surface area contributed by atoms with Gasteiger partial charge in [0.25, 0.3) is 0 Å². The van der Waals surface area contributed by atoms with Gasteiger partial charge in [0.15, 0.2) is 0 Å². The topological polar surface area (TPSA) is 63.1 Å². The van der Waals surface area contributed by atoms with Gasteiger partial charge in [-0.15, -0.1) is 11.3 Å². The first kappa shape index (κ1) is 23.4. The Bertz CT molecular complexity index is 1280. The molecule has 180 valence electrons. The highest BCUT2D eigenvalue weighted by atomic mass is 32.1. The Hall–Kier alpha value is -3.36. The standard InChI is InChI=1S/C27H28FN5OS/c1-19-30-24(18-35-19)17-32-13-11-21(12-14-32)27(34)29-15-22-16-33(25-5-3-2-4-6-25)31-26(22)20-7-9-23(28)10-8-20/h2-10,16,18,21H,11-15,17H2,1H3,(H,29,34). The smallest absolute Gasteiger partial charge is 0.223 e. The third-order valence-electron chi connectivity index (χ3n) is 6.39. The summed E-state index contributed by atoms with van der Waals surface area (Å²) in [5.74, 6) is -0.212. The summed E-state index contributed by atoms with van der Waals surface area (Å²) in [5.41, 5.74) is 4.49. The normalized spacial score (nSPS) is 14.8. The summed E-state index contributed by atoms with van der Waals surface area (Å²) >= 11 is 1.68. The molecule has 1 saturated heterocycles. The van der Waals surface area contributed by atoms with Crippen molar-refractivity contribution in [2.45, 2.75) is 32.9 Å². The Morgan fingerprint density at radius 2 is 1.86 bits per heavy atom.